The molecule has 0 heterocycles. The summed E-state index contributed by atoms with van der Waals surface area (Å²) in [7, 11) is 0. The van der Waals surface area contributed by atoms with E-state index in [1.165, 1.54) is 0 Å². The summed E-state index contributed by atoms with van der Waals surface area (Å²) in [4.78, 5) is 0.496. The van der Waals surface area contributed by atoms with Gasteiger partial charge in [-0.25, -0.2) is 0 Å². The fourth-order valence-electron chi connectivity index (χ4n) is 1.20. The van der Waals surface area contributed by atoms with Gasteiger partial charge in [-0.1, -0.05) is 11.8 Å². The van der Waals surface area contributed by atoms with Gasteiger partial charge in [-0.15, -0.1) is 0 Å². The predicted molar refractivity (Wildman–Crippen MR) is 87.1 cm³/mol. The van der Waals surface area contributed by atoms with E-state index in [4.69, 9.17) is 24.4 Å². The number of alkyl halides is 2. The molecule has 0 bridgehead atoms. The van der Waals surface area contributed by atoms with Crippen molar-refractivity contribution in [1.82, 2.24) is 16.2 Å². The largest absolute Gasteiger partial charge is 0.362 e. The van der Waals surface area contributed by atoms with Crippen molar-refractivity contribution < 1.29 is 8.78 Å². The number of anilines is 1. The molecule has 0 unspecified atom stereocenters. The van der Waals surface area contributed by atoms with E-state index in [1.807, 2.05) is 6.92 Å². The second-order valence-corrected chi connectivity index (χ2v) is 5.35. The molecule has 20 heavy (non-hydrogen) atoms. The van der Waals surface area contributed by atoms with Gasteiger partial charge in [-0.3, -0.25) is 10.9 Å². The Bertz CT molecular complexity index is 453. The van der Waals surface area contributed by atoms with Crippen LogP contribution >= 0.6 is 36.2 Å². The fourth-order valence-corrected chi connectivity index (χ4v) is 2.06. The van der Waals surface area contributed by atoms with Crippen LogP contribution in [0.4, 0.5) is 14.5 Å². The summed E-state index contributed by atoms with van der Waals surface area (Å²) < 4.78 is 24.3. The minimum absolute atomic E-state index is 0.319. The van der Waals surface area contributed by atoms with E-state index >= 15 is 0 Å². The summed E-state index contributed by atoms with van der Waals surface area (Å²) in [6, 6.07) is 6.53. The van der Waals surface area contributed by atoms with Gasteiger partial charge in [0.25, 0.3) is 5.76 Å². The Kier molecular flexibility index (Phi) is 7.48. The first kappa shape index (κ1) is 16.9. The van der Waals surface area contributed by atoms with E-state index in [0.29, 0.717) is 39.1 Å². The lowest BCUT2D eigenvalue weighted by atomic mass is 10.3. The van der Waals surface area contributed by atoms with Crippen molar-refractivity contribution in [1.29, 1.82) is 0 Å². The quantitative estimate of drug-likeness (QED) is 0.383. The average Bonchev–Trinajstić information content (AvgIpc) is 2.38. The van der Waals surface area contributed by atoms with Crippen LogP contribution in [0.5, 0.6) is 0 Å². The summed E-state index contributed by atoms with van der Waals surface area (Å²) in [6.45, 7) is 2.63. The van der Waals surface area contributed by atoms with Gasteiger partial charge in [0.1, 0.15) is 0 Å². The summed E-state index contributed by atoms with van der Waals surface area (Å²) >= 11 is 10.5. The molecule has 0 aliphatic heterocycles. The number of hydrogen-bond donors (Lipinski definition) is 4. The van der Waals surface area contributed by atoms with Crippen LogP contribution in [0.25, 0.3) is 0 Å². The minimum atomic E-state index is -2.42. The Hall–Kier alpha value is -1.19. The zero-order chi connectivity index (χ0) is 15.0. The molecule has 0 radical (unpaired) electrons. The van der Waals surface area contributed by atoms with Gasteiger partial charge in [0, 0.05) is 17.1 Å². The Morgan fingerprint density at radius 2 is 1.75 bits per heavy atom. The average molecular weight is 336 g/mol. The second kappa shape index (κ2) is 8.88. The smallest absolute Gasteiger partial charge is 0.288 e. The van der Waals surface area contributed by atoms with E-state index < -0.39 is 5.76 Å². The molecule has 0 atom stereocenters. The minimum Gasteiger partial charge on any atom is -0.362 e. The molecule has 0 amide bonds. The molecule has 4 nitrogen and oxygen atoms in total. The van der Waals surface area contributed by atoms with Gasteiger partial charge >= 0.3 is 0 Å². The Labute approximate surface area is 131 Å². The molecule has 0 aliphatic rings. The Morgan fingerprint density at radius 1 is 1.15 bits per heavy atom. The monoisotopic (exact) mass is 336 g/mol. The third-order valence-corrected chi connectivity index (χ3v) is 3.14. The number of thiocarbonyl (C=S) groups is 2. The van der Waals surface area contributed by atoms with Gasteiger partial charge in [0.05, 0.1) is 0 Å². The molecule has 1 rings (SSSR count). The van der Waals surface area contributed by atoms with Crippen LogP contribution < -0.4 is 21.5 Å². The molecule has 0 aliphatic carbocycles. The highest BCUT2D eigenvalue weighted by molar-refractivity contribution is 7.99. The van der Waals surface area contributed by atoms with Crippen LogP contribution in [-0.2, 0) is 0 Å². The number of rotatable bonds is 4. The van der Waals surface area contributed by atoms with Crippen molar-refractivity contribution in [2.45, 2.75) is 17.6 Å². The number of hydrogen-bond acceptors (Lipinski definition) is 3. The SMILES string of the molecule is CCNC(=S)NNC(=S)Nc1ccc(SC(F)F)cc1. The number of nitrogens with one attached hydrogen (secondary N) is 4. The highest BCUT2D eigenvalue weighted by Crippen LogP contribution is 2.26. The molecule has 0 saturated heterocycles. The lowest BCUT2D eigenvalue weighted by Gasteiger charge is -2.13. The maximum Gasteiger partial charge on any atom is 0.288 e. The van der Waals surface area contributed by atoms with Crippen LogP contribution in [0.1, 0.15) is 6.92 Å². The normalized spacial score (nSPS) is 10.0. The Morgan fingerprint density at radius 3 is 2.30 bits per heavy atom. The lowest BCUT2D eigenvalue weighted by molar-refractivity contribution is 0.252. The van der Waals surface area contributed by atoms with Crippen LogP contribution in [-0.4, -0.2) is 22.5 Å². The van der Waals surface area contributed by atoms with Crippen molar-refractivity contribution in [2.75, 3.05) is 11.9 Å². The first-order valence-corrected chi connectivity index (χ1v) is 7.36. The zero-order valence-electron chi connectivity index (χ0n) is 10.6. The first-order chi connectivity index (χ1) is 9.51. The molecular weight excluding hydrogens is 322 g/mol. The molecule has 1 aromatic rings. The zero-order valence-corrected chi connectivity index (χ0v) is 13.0. The third kappa shape index (κ3) is 6.83. The summed E-state index contributed by atoms with van der Waals surface area (Å²) in [6.07, 6.45) is 0. The van der Waals surface area contributed by atoms with E-state index in [-0.39, 0.29) is 0 Å². The number of hydrazine groups is 1. The van der Waals surface area contributed by atoms with Gasteiger partial charge in [0.15, 0.2) is 10.2 Å². The van der Waals surface area contributed by atoms with Crippen molar-refractivity contribution in [3.63, 3.8) is 0 Å². The van der Waals surface area contributed by atoms with Crippen molar-refractivity contribution in [3.05, 3.63) is 24.3 Å². The molecule has 0 spiro atoms. The molecule has 0 fully saturated rings. The predicted octanol–water partition coefficient (Wildman–Crippen LogP) is 2.69. The van der Waals surface area contributed by atoms with Crippen LogP contribution in [0.15, 0.2) is 29.2 Å². The van der Waals surface area contributed by atoms with E-state index in [1.54, 1.807) is 24.3 Å². The topological polar surface area (TPSA) is 48.1 Å². The fraction of sp³-hybridized carbons (Fsp3) is 0.273. The number of halogens is 2. The highest BCUT2D eigenvalue weighted by atomic mass is 32.2. The maximum atomic E-state index is 12.2. The molecular formula is C11H14F2N4S3. The second-order valence-electron chi connectivity index (χ2n) is 3.47. The molecule has 1 aromatic carbocycles. The molecule has 110 valence electrons. The van der Waals surface area contributed by atoms with Crippen molar-refractivity contribution >= 4 is 52.1 Å². The van der Waals surface area contributed by atoms with Crippen LogP contribution in [0.2, 0.25) is 0 Å². The van der Waals surface area contributed by atoms with E-state index in [9.17, 15) is 8.78 Å². The highest BCUT2D eigenvalue weighted by Gasteiger charge is 2.05. The molecule has 0 saturated carbocycles. The lowest BCUT2D eigenvalue weighted by Crippen LogP contribution is -2.48. The van der Waals surface area contributed by atoms with Crippen molar-refractivity contribution in [3.8, 4) is 0 Å². The summed E-state index contributed by atoms with van der Waals surface area (Å²) in [5.74, 6) is -2.42. The van der Waals surface area contributed by atoms with Crippen LogP contribution in [0, 0.1) is 0 Å². The molecule has 0 aromatic heterocycles. The third-order valence-electron chi connectivity index (χ3n) is 1.96. The van der Waals surface area contributed by atoms with E-state index in [0.717, 1.165) is 0 Å². The standard InChI is InChI=1S/C11H14F2N4S3/c1-2-14-10(18)16-17-11(19)15-7-3-5-8(6-4-7)20-9(12)13/h3-6,9H,2H2,1H3,(H2,14,16,18)(H2,15,17,19). The Balaban J connectivity index is 2.40. The first-order valence-electron chi connectivity index (χ1n) is 5.67. The summed E-state index contributed by atoms with van der Waals surface area (Å²) in [5, 5.41) is 6.53. The van der Waals surface area contributed by atoms with Gasteiger partial charge in [-0.2, -0.15) is 8.78 Å². The van der Waals surface area contributed by atoms with Crippen LogP contribution in [0.3, 0.4) is 0 Å². The summed E-state index contributed by atoms with van der Waals surface area (Å²) in [5.41, 5.74) is 6.10. The number of thioether (sulfide) groups is 1. The van der Waals surface area contributed by atoms with Crippen molar-refractivity contribution in [2.24, 2.45) is 0 Å². The maximum absolute atomic E-state index is 12.2. The molecule has 9 heteroatoms. The van der Waals surface area contributed by atoms with E-state index in [2.05, 4.69) is 21.5 Å². The van der Waals surface area contributed by atoms with Gasteiger partial charge < -0.3 is 10.6 Å². The molecule has 4 N–H and O–H groups in total. The van der Waals surface area contributed by atoms with Gasteiger partial charge in [0.2, 0.25) is 0 Å². The number of benzene rings is 1. The van der Waals surface area contributed by atoms with Gasteiger partial charge in [-0.05, 0) is 55.6 Å².